The maximum absolute atomic E-state index is 14.3. The van der Waals surface area contributed by atoms with Gasteiger partial charge in [-0.25, -0.2) is 9.55 Å². The van der Waals surface area contributed by atoms with Crippen molar-refractivity contribution in [2.75, 3.05) is 19.5 Å². The van der Waals surface area contributed by atoms with Gasteiger partial charge in [-0.15, -0.1) is 0 Å². The van der Waals surface area contributed by atoms with E-state index in [1.54, 1.807) is 23.6 Å². The number of ether oxygens (including phenoxy) is 3. The van der Waals surface area contributed by atoms with Crippen molar-refractivity contribution in [3.8, 4) is 11.6 Å². The van der Waals surface area contributed by atoms with Gasteiger partial charge in [0.2, 0.25) is 11.8 Å². The number of hydrogen-bond donors (Lipinski definition) is 3. The average molecular weight is 641 g/mol. The third-order valence-electron chi connectivity index (χ3n) is 8.25. The molecule has 1 saturated carbocycles. The van der Waals surface area contributed by atoms with E-state index in [-0.39, 0.29) is 24.5 Å². The lowest BCUT2D eigenvalue weighted by Crippen LogP contribution is -2.39. The van der Waals surface area contributed by atoms with Gasteiger partial charge in [0.25, 0.3) is 0 Å². The van der Waals surface area contributed by atoms with Crippen LogP contribution in [0.1, 0.15) is 45.2 Å². The molecule has 2 aliphatic rings. The Labute approximate surface area is 259 Å². The van der Waals surface area contributed by atoms with Gasteiger partial charge in [-0.3, -0.25) is 13.9 Å². The molecule has 2 aromatic carbocycles. The first kappa shape index (κ1) is 31.2. The lowest BCUT2D eigenvalue weighted by atomic mass is 9.96. The van der Waals surface area contributed by atoms with Gasteiger partial charge >= 0.3 is 13.7 Å². The molecule has 45 heavy (non-hydrogen) atoms. The van der Waals surface area contributed by atoms with Gasteiger partial charge < -0.3 is 29.6 Å². The Morgan fingerprint density at radius 2 is 1.96 bits per heavy atom. The number of carbonyl (C=O) groups is 1. The molecule has 0 bridgehead atoms. The second-order valence-corrected chi connectivity index (χ2v) is 13.1. The summed E-state index contributed by atoms with van der Waals surface area (Å²) in [6.07, 6.45) is -0.230. The average Bonchev–Trinajstić information content (AvgIpc) is 3.47. The van der Waals surface area contributed by atoms with Crippen molar-refractivity contribution < 1.29 is 37.7 Å². The number of esters is 1. The van der Waals surface area contributed by atoms with Crippen LogP contribution < -0.4 is 20.1 Å². The second-order valence-electron chi connectivity index (χ2n) is 11.4. The Hall–Kier alpha value is -3.81. The number of aryl methyl sites for hydroxylation is 1. The quantitative estimate of drug-likeness (QED) is 0.158. The summed E-state index contributed by atoms with van der Waals surface area (Å²) >= 11 is 0. The van der Waals surface area contributed by atoms with Crippen LogP contribution in [-0.2, 0) is 23.4 Å². The zero-order chi connectivity index (χ0) is 31.9. The topological polar surface area (TPSA) is 182 Å². The van der Waals surface area contributed by atoms with Crippen LogP contribution in [0, 0.1) is 12.8 Å². The summed E-state index contributed by atoms with van der Waals surface area (Å²) in [7, 11) is -2.79. The smallest absolute Gasteiger partial charge is 0.459 e. The SMILES string of the molecule is COc1nc(N)nc2c1nc(C)n2C1OC(COP(=O)(NC(C)C(=O)OC2CCC2)Oc2cccc3ccccc23)C(O)C1C. The molecule has 6 rings (SSSR count). The first-order valence-corrected chi connectivity index (χ1v) is 16.4. The number of methoxy groups -OCH3 is 1. The summed E-state index contributed by atoms with van der Waals surface area (Å²) in [5, 5.41) is 15.5. The summed E-state index contributed by atoms with van der Waals surface area (Å²) in [5.74, 6) is 0.0327. The Bertz CT molecular complexity index is 1760. The number of carbonyl (C=O) groups excluding carboxylic acids is 1. The number of nitrogens with one attached hydrogen (secondary N) is 1. The minimum absolute atomic E-state index is 0.00543. The molecule has 0 amide bonds. The normalized spacial score (nSPS) is 23.8. The first-order chi connectivity index (χ1) is 21.6. The number of hydrogen-bond acceptors (Lipinski definition) is 12. The monoisotopic (exact) mass is 640 g/mol. The number of aromatic nitrogens is 4. The van der Waals surface area contributed by atoms with E-state index in [9.17, 15) is 14.5 Å². The predicted octanol–water partition coefficient (Wildman–Crippen LogP) is 4.05. The van der Waals surface area contributed by atoms with Gasteiger partial charge in [-0.1, -0.05) is 43.3 Å². The first-order valence-electron chi connectivity index (χ1n) is 14.9. The molecule has 6 unspecified atom stereocenters. The van der Waals surface area contributed by atoms with E-state index in [4.69, 9.17) is 29.0 Å². The van der Waals surface area contributed by atoms with Crippen molar-refractivity contribution in [2.24, 2.45) is 5.92 Å². The van der Waals surface area contributed by atoms with E-state index in [1.807, 2.05) is 37.3 Å². The largest absolute Gasteiger partial charge is 0.479 e. The molecule has 0 radical (unpaired) electrons. The number of nitrogens with zero attached hydrogens (tertiary/aromatic N) is 4. The highest BCUT2D eigenvalue weighted by atomic mass is 31.2. The van der Waals surface area contributed by atoms with Crippen LogP contribution in [0.15, 0.2) is 42.5 Å². The standard InChI is InChI=1S/C30H37N6O8P/c1-16-25(37)23(43-28(16)36-18(3)32-24-26(36)33-30(31)34-27(24)40-4)15-41-45(39,35-17(2)29(38)42-20-11-8-12-20)44-22-14-7-10-19-9-5-6-13-21(19)22/h5-7,9-10,13-14,16-17,20,23,25,28,37H,8,11-12,15H2,1-4H3,(H,35,39)(H2,31,33,34). The minimum Gasteiger partial charge on any atom is -0.479 e. The van der Waals surface area contributed by atoms with Gasteiger partial charge in [0.05, 0.1) is 19.8 Å². The van der Waals surface area contributed by atoms with Crippen molar-refractivity contribution in [1.82, 2.24) is 24.6 Å². The summed E-state index contributed by atoms with van der Waals surface area (Å²) in [5.41, 5.74) is 6.70. The molecule has 2 aromatic heterocycles. The third kappa shape index (κ3) is 6.21. The van der Waals surface area contributed by atoms with E-state index >= 15 is 0 Å². The zero-order valence-electron chi connectivity index (χ0n) is 25.5. The number of nitrogen functional groups attached to an aromatic ring is 1. The molecule has 0 spiro atoms. The summed E-state index contributed by atoms with van der Waals surface area (Å²) in [4.78, 5) is 25.8. The van der Waals surface area contributed by atoms with Gasteiger partial charge in [0.15, 0.2) is 11.2 Å². The highest BCUT2D eigenvalue weighted by Gasteiger charge is 2.45. The predicted molar refractivity (Wildman–Crippen MR) is 165 cm³/mol. The Kier molecular flexibility index (Phi) is 8.68. The number of aliphatic hydroxyl groups is 1. The maximum atomic E-state index is 14.3. The molecule has 2 fully saturated rings. The van der Waals surface area contributed by atoms with Gasteiger partial charge in [0.1, 0.15) is 36.1 Å². The molecule has 6 atom stereocenters. The summed E-state index contributed by atoms with van der Waals surface area (Å²) < 4.78 is 45.2. The molecule has 1 aliphatic heterocycles. The number of benzene rings is 2. The fourth-order valence-electron chi connectivity index (χ4n) is 5.56. The lowest BCUT2D eigenvalue weighted by Gasteiger charge is -2.28. The van der Waals surface area contributed by atoms with Crippen LogP contribution in [-0.4, -0.2) is 68.7 Å². The minimum atomic E-state index is -4.25. The molecule has 240 valence electrons. The third-order valence-corrected chi connectivity index (χ3v) is 9.88. The second kappa shape index (κ2) is 12.5. The fraction of sp³-hybridized carbons (Fsp3) is 0.467. The molecule has 14 nitrogen and oxygen atoms in total. The molecule has 1 aliphatic carbocycles. The molecular weight excluding hydrogens is 603 g/mol. The number of fused-ring (bicyclic) bond motifs is 2. The fourth-order valence-corrected chi connectivity index (χ4v) is 7.08. The molecule has 3 heterocycles. The molecule has 4 N–H and O–H groups in total. The van der Waals surface area contributed by atoms with Crippen LogP contribution >= 0.6 is 7.75 Å². The number of imidazole rings is 1. The van der Waals surface area contributed by atoms with Crippen molar-refractivity contribution in [2.45, 2.75) is 70.6 Å². The van der Waals surface area contributed by atoms with Gasteiger partial charge in [0, 0.05) is 11.3 Å². The summed E-state index contributed by atoms with van der Waals surface area (Å²) in [6.45, 7) is 4.79. The van der Waals surface area contributed by atoms with Gasteiger partial charge in [-0.2, -0.15) is 15.1 Å². The number of anilines is 1. The van der Waals surface area contributed by atoms with Crippen LogP contribution in [0.2, 0.25) is 0 Å². The Balaban J connectivity index is 1.24. The van der Waals surface area contributed by atoms with E-state index < -0.39 is 44.1 Å². The molecule has 4 aromatic rings. The van der Waals surface area contributed by atoms with Crippen molar-refractivity contribution >= 4 is 41.6 Å². The molecular formula is C30H37N6O8P. The molecule has 1 saturated heterocycles. The maximum Gasteiger partial charge on any atom is 0.459 e. The zero-order valence-corrected chi connectivity index (χ0v) is 26.3. The van der Waals surface area contributed by atoms with Crippen molar-refractivity contribution in [3.63, 3.8) is 0 Å². The van der Waals surface area contributed by atoms with Crippen LogP contribution in [0.4, 0.5) is 5.95 Å². The lowest BCUT2D eigenvalue weighted by molar-refractivity contribution is -0.154. The van der Waals surface area contributed by atoms with Gasteiger partial charge in [-0.05, 0) is 44.6 Å². The highest BCUT2D eigenvalue weighted by molar-refractivity contribution is 7.52. The van der Waals surface area contributed by atoms with Crippen LogP contribution in [0.5, 0.6) is 11.6 Å². The van der Waals surface area contributed by atoms with E-state index in [0.29, 0.717) is 28.1 Å². The number of rotatable bonds is 11. The van der Waals surface area contributed by atoms with Crippen LogP contribution in [0.25, 0.3) is 21.9 Å². The Morgan fingerprint density at radius 3 is 2.69 bits per heavy atom. The van der Waals surface area contributed by atoms with Crippen LogP contribution in [0.3, 0.4) is 0 Å². The van der Waals surface area contributed by atoms with E-state index in [2.05, 4.69) is 20.0 Å². The van der Waals surface area contributed by atoms with Crippen molar-refractivity contribution in [3.05, 3.63) is 48.3 Å². The Morgan fingerprint density at radius 1 is 1.20 bits per heavy atom. The molecule has 15 heteroatoms. The van der Waals surface area contributed by atoms with Crippen molar-refractivity contribution in [1.29, 1.82) is 0 Å². The van der Waals surface area contributed by atoms with E-state index in [0.717, 1.165) is 24.6 Å². The van der Waals surface area contributed by atoms with E-state index in [1.165, 1.54) is 14.0 Å². The number of aliphatic hydroxyl groups excluding tert-OH is 1. The number of nitrogens with two attached hydrogens (primary N) is 1. The highest BCUT2D eigenvalue weighted by Crippen LogP contribution is 2.48. The summed E-state index contributed by atoms with van der Waals surface area (Å²) in [6, 6.07) is 11.8.